The predicted molar refractivity (Wildman–Crippen MR) is 127 cm³/mol. The van der Waals surface area contributed by atoms with Gasteiger partial charge in [-0.3, -0.25) is 4.79 Å². The van der Waals surface area contributed by atoms with Crippen LogP contribution < -0.4 is 10.1 Å². The molecule has 5 heteroatoms. The Morgan fingerprint density at radius 2 is 1.81 bits per heavy atom. The maximum atomic E-state index is 12.7. The number of hydrogen-bond acceptors (Lipinski definition) is 4. The summed E-state index contributed by atoms with van der Waals surface area (Å²) < 4.78 is 11.6. The highest BCUT2D eigenvalue weighted by Crippen LogP contribution is 2.31. The first-order valence-corrected chi connectivity index (χ1v) is 10.6. The van der Waals surface area contributed by atoms with Crippen LogP contribution >= 0.6 is 0 Å². The van der Waals surface area contributed by atoms with Crippen molar-refractivity contribution in [1.29, 1.82) is 0 Å². The van der Waals surface area contributed by atoms with E-state index in [9.17, 15) is 4.79 Å². The Labute approximate surface area is 185 Å². The molecule has 0 spiro atoms. The Morgan fingerprint density at radius 3 is 2.72 bits per heavy atom. The summed E-state index contributed by atoms with van der Waals surface area (Å²) in [5.41, 5.74) is 3.48. The van der Waals surface area contributed by atoms with Gasteiger partial charge in [-0.1, -0.05) is 49.4 Å². The van der Waals surface area contributed by atoms with Crippen LogP contribution in [0.15, 0.2) is 89.3 Å². The first-order chi connectivity index (χ1) is 15.7. The molecule has 1 amide bonds. The summed E-state index contributed by atoms with van der Waals surface area (Å²) in [6.07, 6.45) is 0.912. The molecule has 0 unspecified atom stereocenters. The highest BCUT2D eigenvalue weighted by molar-refractivity contribution is 6.05. The maximum Gasteiger partial charge on any atom is 0.255 e. The summed E-state index contributed by atoms with van der Waals surface area (Å²) in [6, 6.07) is 26.9. The van der Waals surface area contributed by atoms with E-state index in [2.05, 4.69) is 28.5 Å². The van der Waals surface area contributed by atoms with Crippen molar-refractivity contribution in [3.05, 3.63) is 90.5 Å². The molecule has 0 saturated carbocycles. The summed E-state index contributed by atoms with van der Waals surface area (Å²) in [5.74, 6) is 1.04. The van der Waals surface area contributed by atoms with Gasteiger partial charge in [-0.15, -0.1) is 0 Å². The van der Waals surface area contributed by atoms with E-state index in [-0.39, 0.29) is 5.91 Å². The average Bonchev–Trinajstić information content (AvgIpc) is 3.26. The molecule has 0 aliphatic rings. The van der Waals surface area contributed by atoms with Crippen LogP contribution in [0.4, 0.5) is 5.69 Å². The molecule has 1 N–H and O–H groups in total. The Kier molecular flexibility index (Phi) is 5.30. The number of oxazole rings is 1. The van der Waals surface area contributed by atoms with E-state index in [0.717, 1.165) is 22.8 Å². The molecule has 1 aromatic heterocycles. The van der Waals surface area contributed by atoms with Crippen LogP contribution in [0.1, 0.15) is 23.7 Å². The van der Waals surface area contributed by atoms with E-state index in [1.165, 1.54) is 0 Å². The van der Waals surface area contributed by atoms with Gasteiger partial charge < -0.3 is 14.5 Å². The third kappa shape index (κ3) is 3.93. The lowest BCUT2D eigenvalue weighted by atomic mass is 10.0. The van der Waals surface area contributed by atoms with Crippen LogP contribution in [0.2, 0.25) is 0 Å². The number of fused-ring (bicyclic) bond motifs is 2. The summed E-state index contributed by atoms with van der Waals surface area (Å²) in [6.45, 7) is 2.66. The SMILES string of the molecule is CCCOc1cccc(C(=O)Nc2ccc3oc(-c4cccc5ccccc45)nc3c2)c1. The summed E-state index contributed by atoms with van der Waals surface area (Å²) in [7, 11) is 0. The highest BCUT2D eigenvalue weighted by Gasteiger charge is 2.13. The number of amides is 1. The van der Waals surface area contributed by atoms with E-state index in [4.69, 9.17) is 9.15 Å². The maximum absolute atomic E-state index is 12.7. The fourth-order valence-electron chi connectivity index (χ4n) is 3.68. The lowest BCUT2D eigenvalue weighted by Crippen LogP contribution is -2.12. The van der Waals surface area contributed by atoms with Crippen molar-refractivity contribution in [1.82, 2.24) is 4.98 Å². The van der Waals surface area contributed by atoms with Gasteiger partial charge in [0.2, 0.25) is 5.89 Å². The fourth-order valence-corrected chi connectivity index (χ4v) is 3.68. The van der Waals surface area contributed by atoms with Gasteiger partial charge in [0, 0.05) is 16.8 Å². The molecule has 5 aromatic rings. The third-order valence-corrected chi connectivity index (χ3v) is 5.23. The van der Waals surface area contributed by atoms with E-state index in [1.807, 2.05) is 61.5 Å². The standard InChI is InChI=1S/C27H22N2O3/c1-2-15-31-21-10-5-9-19(16-21)26(30)28-20-13-14-25-24(17-20)29-27(32-25)23-12-6-8-18-7-3-4-11-22(18)23/h3-14,16-17H,2,15H2,1H3,(H,28,30). The summed E-state index contributed by atoms with van der Waals surface area (Å²) in [4.78, 5) is 17.4. The first-order valence-electron chi connectivity index (χ1n) is 10.6. The second-order valence-electron chi connectivity index (χ2n) is 7.56. The van der Waals surface area contributed by atoms with E-state index < -0.39 is 0 Å². The van der Waals surface area contributed by atoms with Crippen molar-refractivity contribution in [2.24, 2.45) is 0 Å². The van der Waals surface area contributed by atoms with Gasteiger partial charge in [-0.05, 0) is 59.7 Å². The van der Waals surface area contributed by atoms with E-state index in [0.29, 0.717) is 40.6 Å². The Balaban J connectivity index is 1.41. The average molecular weight is 422 g/mol. The second-order valence-corrected chi connectivity index (χ2v) is 7.56. The van der Waals surface area contributed by atoms with Crippen molar-refractivity contribution in [3.8, 4) is 17.2 Å². The van der Waals surface area contributed by atoms with Gasteiger partial charge in [-0.2, -0.15) is 0 Å². The lowest BCUT2D eigenvalue weighted by molar-refractivity contribution is 0.102. The second kappa shape index (κ2) is 8.55. The molecule has 0 fully saturated rings. The molecule has 0 radical (unpaired) electrons. The van der Waals surface area contributed by atoms with Crippen molar-refractivity contribution >= 4 is 33.5 Å². The van der Waals surface area contributed by atoms with Gasteiger partial charge in [-0.25, -0.2) is 4.98 Å². The van der Waals surface area contributed by atoms with E-state index in [1.54, 1.807) is 12.1 Å². The molecule has 0 saturated heterocycles. The van der Waals surface area contributed by atoms with Gasteiger partial charge in [0.15, 0.2) is 5.58 Å². The number of anilines is 1. The van der Waals surface area contributed by atoms with Crippen LogP contribution in [0.25, 0.3) is 33.3 Å². The molecular weight excluding hydrogens is 400 g/mol. The van der Waals surface area contributed by atoms with Crippen LogP contribution in [0, 0.1) is 0 Å². The molecule has 0 atom stereocenters. The minimum Gasteiger partial charge on any atom is -0.494 e. The predicted octanol–water partition coefficient (Wildman–Crippen LogP) is 6.69. The minimum absolute atomic E-state index is 0.205. The van der Waals surface area contributed by atoms with Crippen LogP contribution in [0.3, 0.4) is 0 Å². The van der Waals surface area contributed by atoms with Gasteiger partial charge in [0.1, 0.15) is 11.3 Å². The largest absolute Gasteiger partial charge is 0.494 e. The number of nitrogens with zero attached hydrogens (tertiary/aromatic N) is 1. The van der Waals surface area contributed by atoms with Crippen molar-refractivity contribution in [3.63, 3.8) is 0 Å². The number of ether oxygens (including phenoxy) is 1. The van der Waals surface area contributed by atoms with E-state index >= 15 is 0 Å². The molecule has 1 heterocycles. The number of benzene rings is 4. The topological polar surface area (TPSA) is 64.4 Å². The van der Waals surface area contributed by atoms with Gasteiger partial charge in [0.05, 0.1) is 6.61 Å². The zero-order valence-electron chi connectivity index (χ0n) is 17.7. The Morgan fingerprint density at radius 1 is 0.969 bits per heavy atom. The molecular formula is C27H22N2O3. The number of nitrogens with one attached hydrogen (secondary N) is 1. The molecule has 0 aliphatic heterocycles. The normalized spacial score (nSPS) is 11.0. The molecule has 5 rings (SSSR count). The third-order valence-electron chi connectivity index (χ3n) is 5.23. The first kappa shape index (κ1) is 19.8. The van der Waals surface area contributed by atoms with Crippen molar-refractivity contribution in [2.45, 2.75) is 13.3 Å². The van der Waals surface area contributed by atoms with Crippen LogP contribution in [-0.2, 0) is 0 Å². The summed E-state index contributed by atoms with van der Waals surface area (Å²) >= 11 is 0. The zero-order chi connectivity index (χ0) is 21.9. The van der Waals surface area contributed by atoms with Gasteiger partial charge >= 0.3 is 0 Å². The number of rotatable bonds is 6. The Hall–Kier alpha value is -4.12. The van der Waals surface area contributed by atoms with Crippen molar-refractivity contribution < 1.29 is 13.9 Å². The number of hydrogen-bond donors (Lipinski definition) is 1. The quantitative estimate of drug-likeness (QED) is 0.331. The monoisotopic (exact) mass is 422 g/mol. The van der Waals surface area contributed by atoms with Crippen LogP contribution in [0.5, 0.6) is 5.75 Å². The molecule has 5 nitrogen and oxygen atoms in total. The Bertz CT molecular complexity index is 1420. The molecule has 158 valence electrons. The molecule has 0 bridgehead atoms. The number of carbonyl (C=O) groups is 1. The van der Waals surface area contributed by atoms with Gasteiger partial charge in [0.25, 0.3) is 5.91 Å². The van der Waals surface area contributed by atoms with Crippen LogP contribution in [-0.4, -0.2) is 17.5 Å². The molecule has 32 heavy (non-hydrogen) atoms. The zero-order valence-corrected chi connectivity index (χ0v) is 17.7. The lowest BCUT2D eigenvalue weighted by Gasteiger charge is -2.08. The molecule has 4 aromatic carbocycles. The number of carbonyl (C=O) groups excluding carboxylic acids is 1. The highest BCUT2D eigenvalue weighted by atomic mass is 16.5. The van der Waals surface area contributed by atoms with Crippen molar-refractivity contribution in [2.75, 3.05) is 11.9 Å². The minimum atomic E-state index is -0.205. The fraction of sp³-hybridized carbons (Fsp3) is 0.111. The smallest absolute Gasteiger partial charge is 0.255 e. The summed E-state index contributed by atoms with van der Waals surface area (Å²) in [5, 5.41) is 5.15. The molecule has 0 aliphatic carbocycles. The number of aromatic nitrogens is 1.